The highest BCUT2D eigenvalue weighted by Gasteiger charge is 2.27. The molecular weight excluding hydrogens is 414 g/mol. The molecule has 4 heterocycles. The molecule has 1 unspecified atom stereocenters. The van der Waals surface area contributed by atoms with Gasteiger partial charge < -0.3 is 15.4 Å². The van der Waals surface area contributed by atoms with Crippen LogP contribution in [0.25, 0.3) is 22.3 Å². The summed E-state index contributed by atoms with van der Waals surface area (Å²) in [5.74, 6) is 0.991. The highest BCUT2D eigenvalue weighted by molar-refractivity contribution is 6.32. The second kappa shape index (κ2) is 8.13. The van der Waals surface area contributed by atoms with Gasteiger partial charge in [-0.2, -0.15) is 5.10 Å². The number of nitrogens with zero attached hydrogens (tertiary/aromatic N) is 6. The maximum atomic E-state index is 6.54. The fraction of sp³-hybridized carbons (Fsp3) is 0.273. The van der Waals surface area contributed by atoms with E-state index in [-0.39, 0.29) is 6.04 Å². The van der Waals surface area contributed by atoms with Gasteiger partial charge in [-0.15, -0.1) is 0 Å². The van der Waals surface area contributed by atoms with Crippen LogP contribution in [0.2, 0.25) is 5.02 Å². The summed E-state index contributed by atoms with van der Waals surface area (Å²) in [4.78, 5) is 15.2. The van der Waals surface area contributed by atoms with Crippen molar-refractivity contribution in [1.29, 1.82) is 0 Å². The van der Waals surface area contributed by atoms with Crippen LogP contribution in [0, 0.1) is 0 Å². The quantitative estimate of drug-likeness (QED) is 0.511. The molecular formula is C22H22ClN7O. The predicted octanol–water partition coefficient (Wildman–Crippen LogP) is 3.58. The summed E-state index contributed by atoms with van der Waals surface area (Å²) in [6.45, 7) is 2.28. The molecule has 5 rings (SSSR count). The number of rotatable bonds is 5. The molecule has 4 aromatic rings. The molecule has 1 aliphatic rings. The van der Waals surface area contributed by atoms with E-state index in [9.17, 15) is 0 Å². The number of nitrogen functional groups attached to an aromatic ring is 1. The first kappa shape index (κ1) is 19.7. The van der Waals surface area contributed by atoms with Gasteiger partial charge in [-0.3, -0.25) is 4.98 Å². The smallest absolute Gasteiger partial charge is 0.164 e. The molecule has 0 saturated carbocycles. The summed E-state index contributed by atoms with van der Waals surface area (Å²) >= 11 is 6.54. The lowest BCUT2D eigenvalue weighted by molar-refractivity contribution is 0.301. The minimum Gasteiger partial charge on any atom is -0.486 e. The van der Waals surface area contributed by atoms with E-state index in [1.165, 1.54) is 6.33 Å². The molecule has 1 atom stereocenters. The number of ether oxygens (including phenoxy) is 1. The summed E-state index contributed by atoms with van der Waals surface area (Å²) in [5.41, 5.74) is 9.37. The average molecular weight is 436 g/mol. The van der Waals surface area contributed by atoms with Gasteiger partial charge >= 0.3 is 0 Å². The van der Waals surface area contributed by atoms with E-state index in [1.54, 1.807) is 6.20 Å². The summed E-state index contributed by atoms with van der Waals surface area (Å²) in [6.07, 6.45) is 4.23. The van der Waals surface area contributed by atoms with Gasteiger partial charge in [-0.25, -0.2) is 14.6 Å². The Morgan fingerprint density at radius 3 is 2.84 bits per heavy atom. The summed E-state index contributed by atoms with van der Waals surface area (Å²) in [6, 6.07) is 11.6. The van der Waals surface area contributed by atoms with Crippen LogP contribution in [0.4, 0.5) is 5.82 Å². The van der Waals surface area contributed by atoms with E-state index in [0.717, 1.165) is 47.5 Å². The number of pyridine rings is 1. The lowest BCUT2D eigenvalue weighted by atomic mass is 10.1. The van der Waals surface area contributed by atoms with Gasteiger partial charge in [-0.1, -0.05) is 17.7 Å². The van der Waals surface area contributed by atoms with Crippen molar-refractivity contribution in [2.75, 3.05) is 25.9 Å². The largest absolute Gasteiger partial charge is 0.486 e. The molecule has 1 fully saturated rings. The van der Waals surface area contributed by atoms with E-state index >= 15 is 0 Å². The number of fused-ring (bicyclic) bond motifs is 1. The van der Waals surface area contributed by atoms with Crippen LogP contribution in [0.1, 0.15) is 18.2 Å². The molecule has 8 nitrogen and oxygen atoms in total. The Labute approximate surface area is 184 Å². The normalized spacial score (nSPS) is 16.8. The Balaban J connectivity index is 1.50. The van der Waals surface area contributed by atoms with E-state index in [0.29, 0.717) is 23.2 Å². The van der Waals surface area contributed by atoms with Gasteiger partial charge in [0.15, 0.2) is 5.65 Å². The van der Waals surface area contributed by atoms with Crippen LogP contribution in [-0.4, -0.2) is 49.8 Å². The molecule has 0 amide bonds. The van der Waals surface area contributed by atoms with Gasteiger partial charge in [0.25, 0.3) is 0 Å². The van der Waals surface area contributed by atoms with Crippen LogP contribution >= 0.6 is 11.6 Å². The molecule has 3 aromatic heterocycles. The van der Waals surface area contributed by atoms with Crippen molar-refractivity contribution < 1.29 is 4.74 Å². The lowest BCUT2D eigenvalue weighted by Gasteiger charge is -2.11. The van der Waals surface area contributed by atoms with Gasteiger partial charge in [0.2, 0.25) is 0 Å². The zero-order chi connectivity index (χ0) is 21.4. The maximum absolute atomic E-state index is 6.54. The van der Waals surface area contributed by atoms with Gasteiger partial charge in [0.1, 0.15) is 30.2 Å². The predicted molar refractivity (Wildman–Crippen MR) is 120 cm³/mol. The second-order valence-electron chi connectivity index (χ2n) is 7.71. The third-order valence-corrected chi connectivity index (χ3v) is 5.83. The number of hydrogen-bond acceptors (Lipinski definition) is 7. The molecule has 0 radical (unpaired) electrons. The van der Waals surface area contributed by atoms with Crippen molar-refractivity contribution in [3.63, 3.8) is 0 Å². The second-order valence-corrected chi connectivity index (χ2v) is 8.12. The van der Waals surface area contributed by atoms with Crippen LogP contribution in [-0.2, 0) is 6.61 Å². The van der Waals surface area contributed by atoms with Gasteiger partial charge in [0.05, 0.1) is 22.1 Å². The topological polar surface area (TPSA) is 95.0 Å². The number of likely N-dealkylation sites (N-methyl/N-ethyl adjacent to an activating group) is 1. The molecule has 31 heavy (non-hydrogen) atoms. The maximum Gasteiger partial charge on any atom is 0.164 e. The van der Waals surface area contributed by atoms with E-state index in [2.05, 4.69) is 26.9 Å². The van der Waals surface area contributed by atoms with Crippen LogP contribution < -0.4 is 10.5 Å². The number of aromatic nitrogens is 5. The lowest BCUT2D eigenvalue weighted by Crippen LogP contribution is -2.17. The van der Waals surface area contributed by atoms with E-state index in [4.69, 9.17) is 27.2 Å². The Morgan fingerprint density at radius 2 is 2.10 bits per heavy atom. The average Bonchev–Trinajstić information content (AvgIpc) is 3.38. The Bertz CT molecular complexity index is 1230. The fourth-order valence-corrected chi connectivity index (χ4v) is 4.20. The minimum atomic E-state index is 0.243. The van der Waals surface area contributed by atoms with Crippen molar-refractivity contribution in [3.05, 3.63) is 59.6 Å². The number of hydrogen-bond donors (Lipinski definition) is 1. The third kappa shape index (κ3) is 3.80. The van der Waals surface area contributed by atoms with Gasteiger partial charge in [0, 0.05) is 24.8 Å². The highest BCUT2D eigenvalue weighted by Crippen LogP contribution is 2.36. The number of likely N-dealkylation sites (tertiary alicyclic amines) is 1. The first-order valence-corrected chi connectivity index (χ1v) is 10.5. The van der Waals surface area contributed by atoms with Crippen molar-refractivity contribution >= 4 is 28.5 Å². The number of benzene rings is 1. The summed E-state index contributed by atoms with van der Waals surface area (Å²) in [5, 5.41) is 6.14. The zero-order valence-corrected chi connectivity index (χ0v) is 17.8. The van der Waals surface area contributed by atoms with Crippen LogP contribution in [0.5, 0.6) is 5.75 Å². The number of anilines is 1. The monoisotopic (exact) mass is 435 g/mol. The van der Waals surface area contributed by atoms with Crippen molar-refractivity contribution in [2.45, 2.75) is 19.1 Å². The Kier molecular flexibility index (Phi) is 5.17. The number of halogens is 1. The van der Waals surface area contributed by atoms with Crippen molar-refractivity contribution in [1.82, 2.24) is 29.6 Å². The highest BCUT2D eigenvalue weighted by atomic mass is 35.5. The summed E-state index contributed by atoms with van der Waals surface area (Å²) in [7, 11) is 2.11. The molecule has 0 bridgehead atoms. The SMILES string of the molecule is CN1CCC(n2nc(-c3ccc(OCc4ccccn4)c(Cl)c3)c3c(N)ncnc32)C1. The Morgan fingerprint density at radius 1 is 1.19 bits per heavy atom. The molecule has 158 valence electrons. The molecule has 1 saturated heterocycles. The van der Waals surface area contributed by atoms with Crippen molar-refractivity contribution in [2.24, 2.45) is 0 Å². The summed E-state index contributed by atoms with van der Waals surface area (Å²) < 4.78 is 7.83. The number of nitrogens with two attached hydrogens (primary N) is 1. The molecule has 0 spiro atoms. The molecule has 1 aliphatic heterocycles. The molecule has 1 aromatic carbocycles. The zero-order valence-electron chi connectivity index (χ0n) is 17.1. The molecule has 9 heteroatoms. The Hall–Kier alpha value is -3.23. The first-order chi connectivity index (χ1) is 15.1. The van der Waals surface area contributed by atoms with E-state index < -0.39 is 0 Å². The molecule has 0 aliphatic carbocycles. The third-order valence-electron chi connectivity index (χ3n) is 5.54. The first-order valence-electron chi connectivity index (χ1n) is 10.1. The van der Waals surface area contributed by atoms with Gasteiger partial charge in [-0.05, 0) is 43.8 Å². The van der Waals surface area contributed by atoms with Crippen LogP contribution in [0.3, 0.4) is 0 Å². The standard InChI is InChI=1S/C22H22ClN7O/c1-29-9-7-16(11-29)30-22-19(21(24)26-13-27-22)20(28-30)14-5-6-18(17(23)10-14)31-12-15-4-2-3-8-25-15/h2-6,8,10,13,16H,7,9,11-12H2,1H3,(H2,24,26,27). The van der Waals surface area contributed by atoms with E-state index in [1.807, 2.05) is 41.1 Å². The van der Waals surface area contributed by atoms with Crippen molar-refractivity contribution in [3.8, 4) is 17.0 Å². The van der Waals surface area contributed by atoms with Crippen LogP contribution in [0.15, 0.2) is 48.9 Å². The fourth-order valence-electron chi connectivity index (χ4n) is 3.96. The minimum absolute atomic E-state index is 0.243. The molecule has 2 N–H and O–H groups in total.